The lowest BCUT2D eigenvalue weighted by Crippen LogP contribution is -2.08. The van der Waals surface area contributed by atoms with E-state index in [0.29, 0.717) is 11.7 Å². The Morgan fingerprint density at radius 2 is 2.29 bits per heavy atom. The van der Waals surface area contributed by atoms with Gasteiger partial charge in [0.2, 0.25) is 11.7 Å². The average Bonchev–Trinajstić information content (AvgIpc) is 3.20. The molecule has 1 N–H and O–H groups in total. The molecule has 6 heteroatoms. The third kappa shape index (κ3) is 2.03. The van der Waals surface area contributed by atoms with Crippen LogP contribution in [-0.4, -0.2) is 33.0 Å². The summed E-state index contributed by atoms with van der Waals surface area (Å²) >= 11 is 0. The zero-order valence-electron chi connectivity index (χ0n) is 12.1. The summed E-state index contributed by atoms with van der Waals surface area (Å²) < 4.78 is 7.31. The largest absolute Gasteiger partial charge is 0.339 e. The van der Waals surface area contributed by atoms with Crippen molar-refractivity contribution in [3.63, 3.8) is 0 Å². The number of rotatable bonds is 2. The first-order valence-corrected chi connectivity index (χ1v) is 7.20. The number of hydrogen-bond acceptors (Lipinski definition) is 5. The molecule has 21 heavy (non-hydrogen) atoms. The summed E-state index contributed by atoms with van der Waals surface area (Å²) in [5.74, 6) is 1.72. The minimum atomic E-state index is 0.342. The Hall–Kier alpha value is -2.21. The van der Waals surface area contributed by atoms with Crippen molar-refractivity contribution in [2.45, 2.75) is 19.3 Å². The monoisotopic (exact) mass is 283 g/mol. The molecule has 0 aliphatic carbocycles. The zero-order valence-corrected chi connectivity index (χ0v) is 12.1. The van der Waals surface area contributed by atoms with Gasteiger partial charge in [-0.15, -0.1) is 0 Å². The van der Waals surface area contributed by atoms with Gasteiger partial charge in [0.25, 0.3) is 0 Å². The smallest absolute Gasteiger partial charge is 0.231 e. The van der Waals surface area contributed by atoms with Crippen molar-refractivity contribution in [1.29, 1.82) is 0 Å². The molecule has 0 spiro atoms. The summed E-state index contributed by atoms with van der Waals surface area (Å²) in [5, 5.41) is 13.0. The van der Waals surface area contributed by atoms with E-state index in [-0.39, 0.29) is 0 Å². The van der Waals surface area contributed by atoms with Crippen molar-refractivity contribution in [1.82, 2.24) is 25.2 Å². The van der Waals surface area contributed by atoms with Crippen LogP contribution in [0.1, 0.15) is 23.9 Å². The van der Waals surface area contributed by atoms with Crippen molar-refractivity contribution in [3.8, 4) is 11.4 Å². The van der Waals surface area contributed by atoms with Crippen LogP contribution >= 0.6 is 0 Å². The van der Waals surface area contributed by atoms with Gasteiger partial charge >= 0.3 is 0 Å². The molecule has 2 aromatic heterocycles. The highest BCUT2D eigenvalue weighted by molar-refractivity contribution is 5.85. The summed E-state index contributed by atoms with van der Waals surface area (Å²) in [6.07, 6.45) is 1.06. The highest BCUT2D eigenvalue weighted by Gasteiger charge is 2.23. The Morgan fingerprint density at radius 3 is 3.10 bits per heavy atom. The molecule has 3 aromatic rings. The second kappa shape index (κ2) is 4.66. The van der Waals surface area contributed by atoms with E-state index in [1.165, 1.54) is 0 Å². The van der Waals surface area contributed by atoms with Crippen LogP contribution in [-0.2, 0) is 7.05 Å². The first-order chi connectivity index (χ1) is 10.2. The lowest BCUT2D eigenvalue weighted by molar-refractivity contribution is 0.359. The molecular weight excluding hydrogens is 266 g/mol. The van der Waals surface area contributed by atoms with Crippen molar-refractivity contribution < 1.29 is 4.52 Å². The van der Waals surface area contributed by atoms with E-state index in [9.17, 15) is 0 Å². The molecule has 1 fully saturated rings. The van der Waals surface area contributed by atoms with Gasteiger partial charge in [-0.3, -0.25) is 4.68 Å². The van der Waals surface area contributed by atoms with E-state index in [2.05, 4.69) is 32.7 Å². The van der Waals surface area contributed by atoms with E-state index in [1.807, 2.05) is 24.7 Å². The maximum atomic E-state index is 5.43. The van der Waals surface area contributed by atoms with Gasteiger partial charge in [0.15, 0.2) is 0 Å². The molecule has 3 heterocycles. The van der Waals surface area contributed by atoms with Crippen molar-refractivity contribution in [2.24, 2.45) is 7.05 Å². The number of benzene rings is 1. The van der Waals surface area contributed by atoms with Gasteiger partial charge < -0.3 is 9.84 Å². The average molecular weight is 283 g/mol. The van der Waals surface area contributed by atoms with Gasteiger partial charge in [0.05, 0.1) is 17.1 Å². The molecule has 6 nitrogen and oxygen atoms in total. The molecule has 0 saturated carbocycles. The molecular formula is C15H17N5O. The van der Waals surface area contributed by atoms with Crippen LogP contribution in [0, 0.1) is 6.92 Å². The molecule has 1 aromatic carbocycles. The van der Waals surface area contributed by atoms with Gasteiger partial charge in [-0.05, 0) is 26.0 Å². The van der Waals surface area contributed by atoms with E-state index in [4.69, 9.17) is 4.52 Å². The Kier molecular flexibility index (Phi) is 2.78. The number of hydrogen-bond donors (Lipinski definition) is 1. The van der Waals surface area contributed by atoms with Gasteiger partial charge in [0, 0.05) is 24.5 Å². The lowest BCUT2D eigenvalue weighted by Gasteiger charge is -1.99. The van der Waals surface area contributed by atoms with Gasteiger partial charge in [-0.25, -0.2) is 0 Å². The molecule has 1 atom stereocenters. The molecule has 1 aliphatic rings. The fourth-order valence-corrected chi connectivity index (χ4v) is 2.96. The second-order valence-electron chi connectivity index (χ2n) is 5.59. The normalized spacial score (nSPS) is 18.7. The quantitative estimate of drug-likeness (QED) is 0.779. The van der Waals surface area contributed by atoms with Crippen LogP contribution in [0.25, 0.3) is 22.3 Å². The minimum absolute atomic E-state index is 0.342. The summed E-state index contributed by atoms with van der Waals surface area (Å²) in [6, 6.07) is 6.16. The van der Waals surface area contributed by atoms with Crippen LogP contribution in [0.15, 0.2) is 22.7 Å². The standard InChI is InChI=1S/C15H17N5O/c1-9-12-4-3-10(7-13(12)20(2)18-9)14-17-15(21-19-14)11-5-6-16-8-11/h3-4,7,11,16H,5-6,8H2,1-2H3. The molecule has 0 bridgehead atoms. The topological polar surface area (TPSA) is 68.8 Å². The maximum Gasteiger partial charge on any atom is 0.231 e. The third-order valence-electron chi connectivity index (χ3n) is 4.15. The van der Waals surface area contributed by atoms with E-state index in [0.717, 1.165) is 47.6 Å². The van der Waals surface area contributed by atoms with Crippen LogP contribution in [0.3, 0.4) is 0 Å². The fraction of sp³-hybridized carbons (Fsp3) is 0.400. The predicted octanol–water partition coefficient (Wildman–Crippen LogP) is 2.01. The SMILES string of the molecule is Cc1nn(C)c2cc(-c3noc(C4CCNC4)n3)ccc12. The summed E-state index contributed by atoms with van der Waals surface area (Å²) in [5.41, 5.74) is 3.08. The highest BCUT2D eigenvalue weighted by Crippen LogP contribution is 2.26. The van der Waals surface area contributed by atoms with Crippen molar-refractivity contribution in [2.75, 3.05) is 13.1 Å². The van der Waals surface area contributed by atoms with Crippen molar-refractivity contribution >= 4 is 10.9 Å². The third-order valence-corrected chi connectivity index (χ3v) is 4.15. The summed E-state index contributed by atoms with van der Waals surface area (Å²) in [4.78, 5) is 4.56. The molecule has 0 radical (unpaired) electrons. The molecule has 0 amide bonds. The van der Waals surface area contributed by atoms with Gasteiger partial charge in [0.1, 0.15) is 0 Å². The van der Waals surface area contributed by atoms with Crippen LogP contribution in [0.5, 0.6) is 0 Å². The number of aromatic nitrogens is 4. The molecule has 1 aliphatic heterocycles. The Morgan fingerprint density at radius 1 is 1.38 bits per heavy atom. The number of fused-ring (bicyclic) bond motifs is 1. The number of nitrogens with one attached hydrogen (secondary N) is 1. The summed E-state index contributed by atoms with van der Waals surface area (Å²) in [6.45, 7) is 3.95. The zero-order chi connectivity index (χ0) is 14.4. The first kappa shape index (κ1) is 12.5. The summed E-state index contributed by atoms with van der Waals surface area (Å²) in [7, 11) is 1.95. The number of aryl methyl sites for hydroxylation is 2. The van der Waals surface area contributed by atoms with E-state index >= 15 is 0 Å². The van der Waals surface area contributed by atoms with Gasteiger partial charge in [-0.2, -0.15) is 10.1 Å². The molecule has 1 saturated heterocycles. The Labute approximate surface area is 122 Å². The predicted molar refractivity (Wildman–Crippen MR) is 79.0 cm³/mol. The van der Waals surface area contributed by atoms with Crippen LogP contribution in [0.4, 0.5) is 0 Å². The number of nitrogens with zero attached hydrogens (tertiary/aromatic N) is 4. The first-order valence-electron chi connectivity index (χ1n) is 7.20. The Balaban J connectivity index is 1.74. The molecule has 1 unspecified atom stereocenters. The van der Waals surface area contributed by atoms with E-state index in [1.54, 1.807) is 0 Å². The van der Waals surface area contributed by atoms with E-state index < -0.39 is 0 Å². The second-order valence-corrected chi connectivity index (χ2v) is 5.59. The van der Waals surface area contributed by atoms with Crippen LogP contribution < -0.4 is 5.32 Å². The van der Waals surface area contributed by atoms with Crippen molar-refractivity contribution in [3.05, 3.63) is 29.8 Å². The lowest BCUT2D eigenvalue weighted by atomic mass is 10.1. The highest BCUT2D eigenvalue weighted by atomic mass is 16.5. The maximum absolute atomic E-state index is 5.43. The fourth-order valence-electron chi connectivity index (χ4n) is 2.96. The molecule has 108 valence electrons. The molecule has 4 rings (SSSR count). The minimum Gasteiger partial charge on any atom is -0.339 e. The van der Waals surface area contributed by atoms with Crippen LogP contribution in [0.2, 0.25) is 0 Å². The Bertz CT molecular complexity index is 798. The van der Waals surface area contributed by atoms with Gasteiger partial charge in [-0.1, -0.05) is 17.3 Å².